The fraction of sp³-hybridized carbons (Fsp3) is 0.333. The van der Waals surface area contributed by atoms with E-state index in [0.29, 0.717) is 13.0 Å². The lowest BCUT2D eigenvalue weighted by atomic mass is 9.97. The number of nitrogens with zero attached hydrogens (tertiary/aromatic N) is 2. The second-order valence-electron chi connectivity index (χ2n) is 4.99. The molecule has 0 fully saturated rings. The Hall–Kier alpha value is -2.30. The first kappa shape index (κ1) is 14.1. The van der Waals surface area contributed by atoms with Crippen LogP contribution in [0.2, 0.25) is 0 Å². The number of nitrogen functional groups attached to an aromatic ring is 1. The molecule has 0 bridgehead atoms. The Morgan fingerprint density at radius 3 is 2.65 bits per heavy atom. The van der Waals surface area contributed by atoms with E-state index in [9.17, 15) is 4.79 Å². The average Bonchev–Trinajstić information content (AvgIpc) is 2.82. The number of carbonyl (C=O) groups is 1. The Morgan fingerprint density at radius 2 is 2.05 bits per heavy atom. The maximum atomic E-state index is 11.9. The zero-order valence-electron chi connectivity index (χ0n) is 11.8. The van der Waals surface area contributed by atoms with Gasteiger partial charge in [0.15, 0.2) is 0 Å². The van der Waals surface area contributed by atoms with Crippen molar-refractivity contribution in [3.05, 3.63) is 47.8 Å². The largest absolute Gasteiger partial charge is 0.399 e. The maximum absolute atomic E-state index is 11.9. The molecule has 1 unspecified atom stereocenters. The van der Waals surface area contributed by atoms with E-state index in [1.54, 1.807) is 10.9 Å². The zero-order chi connectivity index (χ0) is 14.5. The molecule has 0 spiro atoms. The van der Waals surface area contributed by atoms with Gasteiger partial charge in [-0.3, -0.25) is 9.48 Å². The van der Waals surface area contributed by atoms with Crippen LogP contribution in [-0.2, 0) is 18.4 Å². The summed E-state index contributed by atoms with van der Waals surface area (Å²) in [6, 6.07) is 9.55. The summed E-state index contributed by atoms with van der Waals surface area (Å²) in [7, 11) is 1.86. The van der Waals surface area contributed by atoms with Gasteiger partial charge in [0.1, 0.15) is 0 Å². The molecule has 20 heavy (non-hydrogen) atoms. The van der Waals surface area contributed by atoms with E-state index in [1.807, 2.05) is 44.3 Å². The Kier molecular flexibility index (Phi) is 4.40. The highest BCUT2D eigenvalue weighted by atomic mass is 16.1. The molecule has 3 N–H and O–H groups in total. The number of rotatable bonds is 5. The lowest BCUT2D eigenvalue weighted by Crippen LogP contribution is -2.25. The molecule has 0 radical (unpaired) electrons. The number of nitrogens with one attached hydrogen (secondary N) is 1. The van der Waals surface area contributed by atoms with Crippen molar-refractivity contribution in [1.29, 1.82) is 0 Å². The molecular weight excluding hydrogens is 252 g/mol. The molecule has 5 heteroatoms. The minimum atomic E-state index is 0.0375. The third kappa shape index (κ3) is 3.60. The lowest BCUT2D eigenvalue weighted by Gasteiger charge is -2.12. The van der Waals surface area contributed by atoms with Crippen molar-refractivity contribution in [2.75, 3.05) is 5.73 Å². The van der Waals surface area contributed by atoms with E-state index in [2.05, 4.69) is 10.4 Å². The van der Waals surface area contributed by atoms with Crippen LogP contribution in [0.4, 0.5) is 5.69 Å². The first-order chi connectivity index (χ1) is 9.56. The number of aromatic nitrogens is 2. The van der Waals surface area contributed by atoms with Gasteiger partial charge in [-0.05, 0) is 29.7 Å². The van der Waals surface area contributed by atoms with Crippen LogP contribution in [0.15, 0.2) is 36.5 Å². The molecule has 1 heterocycles. The van der Waals surface area contributed by atoms with Crippen LogP contribution >= 0.6 is 0 Å². The number of hydrogen-bond donors (Lipinski definition) is 2. The highest BCUT2D eigenvalue weighted by molar-refractivity contribution is 5.76. The third-order valence-corrected chi connectivity index (χ3v) is 3.39. The maximum Gasteiger partial charge on any atom is 0.220 e. The molecule has 106 valence electrons. The van der Waals surface area contributed by atoms with Crippen LogP contribution in [0, 0.1) is 0 Å². The van der Waals surface area contributed by atoms with Gasteiger partial charge < -0.3 is 11.1 Å². The molecule has 0 aliphatic heterocycles. The van der Waals surface area contributed by atoms with Crippen LogP contribution in [0.1, 0.15) is 30.5 Å². The predicted molar refractivity (Wildman–Crippen MR) is 78.9 cm³/mol. The van der Waals surface area contributed by atoms with E-state index in [1.165, 1.54) is 0 Å². The smallest absolute Gasteiger partial charge is 0.220 e. The summed E-state index contributed by atoms with van der Waals surface area (Å²) < 4.78 is 1.75. The summed E-state index contributed by atoms with van der Waals surface area (Å²) in [5, 5.41) is 6.98. The summed E-state index contributed by atoms with van der Waals surface area (Å²) in [6.45, 7) is 2.54. The highest BCUT2D eigenvalue weighted by Gasteiger charge is 2.11. The molecule has 5 nitrogen and oxygen atoms in total. The van der Waals surface area contributed by atoms with E-state index in [-0.39, 0.29) is 11.8 Å². The van der Waals surface area contributed by atoms with Gasteiger partial charge in [0.05, 0.1) is 12.2 Å². The molecule has 1 aromatic carbocycles. The third-order valence-electron chi connectivity index (χ3n) is 3.39. The monoisotopic (exact) mass is 272 g/mol. The highest BCUT2D eigenvalue weighted by Crippen LogP contribution is 2.19. The molecule has 0 aliphatic rings. The Bertz CT molecular complexity index is 574. The first-order valence-corrected chi connectivity index (χ1v) is 6.65. The van der Waals surface area contributed by atoms with E-state index >= 15 is 0 Å². The van der Waals surface area contributed by atoms with E-state index in [0.717, 1.165) is 16.9 Å². The topological polar surface area (TPSA) is 72.9 Å². The number of hydrogen-bond acceptors (Lipinski definition) is 3. The minimum Gasteiger partial charge on any atom is -0.399 e. The average molecular weight is 272 g/mol. The van der Waals surface area contributed by atoms with Gasteiger partial charge in [-0.15, -0.1) is 0 Å². The van der Waals surface area contributed by atoms with Crippen molar-refractivity contribution < 1.29 is 4.79 Å². The van der Waals surface area contributed by atoms with Gasteiger partial charge >= 0.3 is 0 Å². The molecule has 2 aromatic rings. The van der Waals surface area contributed by atoms with Crippen LogP contribution in [0.5, 0.6) is 0 Å². The normalized spacial score (nSPS) is 12.1. The first-order valence-electron chi connectivity index (χ1n) is 6.65. The quantitative estimate of drug-likeness (QED) is 0.815. The minimum absolute atomic E-state index is 0.0375. The molecule has 1 amide bonds. The number of benzene rings is 1. The van der Waals surface area contributed by atoms with Crippen molar-refractivity contribution in [3.8, 4) is 0 Å². The Balaban J connectivity index is 1.85. The molecule has 1 aromatic heterocycles. The molecule has 1 atom stereocenters. The Morgan fingerprint density at radius 1 is 1.35 bits per heavy atom. The van der Waals surface area contributed by atoms with Crippen LogP contribution < -0.4 is 11.1 Å². The van der Waals surface area contributed by atoms with Crippen molar-refractivity contribution in [2.45, 2.75) is 25.8 Å². The van der Waals surface area contributed by atoms with Crippen molar-refractivity contribution >= 4 is 11.6 Å². The zero-order valence-corrected chi connectivity index (χ0v) is 11.8. The van der Waals surface area contributed by atoms with Crippen molar-refractivity contribution in [3.63, 3.8) is 0 Å². The summed E-state index contributed by atoms with van der Waals surface area (Å²) in [5.41, 5.74) is 8.50. The van der Waals surface area contributed by atoms with Crippen molar-refractivity contribution in [1.82, 2.24) is 15.1 Å². The van der Waals surface area contributed by atoms with Gasteiger partial charge in [-0.1, -0.05) is 19.1 Å². The summed E-state index contributed by atoms with van der Waals surface area (Å²) in [5.74, 6) is 0.206. The second-order valence-corrected chi connectivity index (χ2v) is 4.99. The standard InChI is InChI=1S/C15H20N4O/c1-11(12-3-5-13(16)6-4-12)9-15(20)17-10-14-7-8-18-19(14)2/h3-8,11H,9-10,16H2,1-2H3,(H,17,20). The number of aryl methyl sites for hydroxylation is 1. The SMILES string of the molecule is CC(CC(=O)NCc1ccnn1C)c1ccc(N)cc1. The molecule has 0 saturated heterocycles. The van der Waals surface area contributed by atoms with Gasteiger partial charge in [-0.25, -0.2) is 0 Å². The molecule has 2 rings (SSSR count). The van der Waals surface area contributed by atoms with Gasteiger partial charge in [-0.2, -0.15) is 5.10 Å². The van der Waals surface area contributed by atoms with E-state index in [4.69, 9.17) is 5.73 Å². The van der Waals surface area contributed by atoms with Crippen LogP contribution in [0.25, 0.3) is 0 Å². The number of carbonyl (C=O) groups excluding carboxylic acids is 1. The van der Waals surface area contributed by atoms with Crippen LogP contribution in [0.3, 0.4) is 0 Å². The van der Waals surface area contributed by atoms with Gasteiger partial charge in [0.2, 0.25) is 5.91 Å². The molecular formula is C15H20N4O. The van der Waals surface area contributed by atoms with Crippen molar-refractivity contribution in [2.24, 2.45) is 7.05 Å². The van der Waals surface area contributed by atoms with Crippen LogP contribution in [-0.4, -0.2) is 15.7 Å². The summed E-state index contributed by atoms with van der Waals surface area (Å²) in [6.07, 6.45) is 2.18. The van der Waals surface area contributed by atoms with Gasteiger partial charge in [0.25, 0.3) is 0 Å². The number of anilines is 1. The lowest BCUT2D eigenvalue weighted by molar-refractivity contribution is -0.121. The fourth-order valence-corrected chi connectivity index (χ4v) is 2.06. The van der Waals surface area contributed by atoms with Gasteiger partial charge in [0, 0.05) is 25.4 Å². The number of amides is 1. The fourth-order valence-electron chi connectivity index (χ4n) is 2.06. The van der Waals surface area contributed by atoms with E-state index < -0.39 is 0 Å². The summed E-state index contributed by atoms with van der Waals surface area (Å²) >= 11 is 0. The second kappa shape index (κ2) is 6.23. The molecule has 0 aliphatic carbocycles. The summed E-state index contributed by atoms with van der Waals surface area (Å²) in [4.78, 5) is 11.9. The number of nitrogens with two attached hydrogens (primary N) is 1. The predicted octanol–water partition coefficient (Wildman–Crippen LogP) is 1.81. The Labute approximate surface area is 118 Å². The molecule has 0 saturated carbocycles.